The maximum absolute atomic E-state index is 11.6. The minimum absolute atomic E-state index is 0.351. The third-order valence-electron chi connectivity index (χ3n) is 1.70. The summed E-state index contributed by atoms with van der Waals surface area (Å²) >= 11 is 5.62. The largest absolute Gasteiger partial charge is 0.476 e. The summed E-state index contributed by atoms with van der Waals surface area (Å²) in [6.45, 7) is -1.11. The van der Waals surface area contributed by atoms with Crippen molar-refractivity contribution in [1.29, 1.82) is 0 Å². The first-order valence-electron chi connectivity index (χ1n) is 4.83. The Kier molecular flexibility index (Phi) is 5.16. The summed E-state index contributed by atoms with van der Waals surface area (Å²) in [6.07, 6.45) is 1.77. The van der Waals surface area contributed by atoms with Crippen molar-refractivity contribution < 1.29 is 13.6 Å². The maximum atomic E-state index is 11.6. The third-order valence-corrected chi connectivity index (χ3v) is 3.12. The van der Waals surface area contributed by atoms with Gasteiger partial charge in [0.25, 0.3) is 0 Å². The first kappa shape index (κ1) is 12.6. The van der Waals surface area contributed by atoms with Gasteiger partial charge in [0.2, 0.25) is 0 Å². The van der Waals surface area contributed by atoms with E-state index in [1.165, 1.54) is 0 Å². The summed E-state index contributed by atoms with van der Waals surface area (Å²) in [4.78, 5) is 0. The second-order valence-electron chi connectivity index (χ2n) is 3.02. The van der Waals surface area contributed by atoms with Crippen LogP contribution in [0.25, 0.3) is 0 Å². The molecule has 0 radical (unpaired) electrons. The normalized spacial score (nSPS) is 14.5. The van der Waals surface area contributed by atoms with E-state index in [0.29, 0.717) is 12.4 Å². The third kappa shape index (κ3) is 5.22. The molecule has 0 aliphatic rings. The van der Waals surface area contributed by atoms with Crippen LogP contribution in [0.15, 0.2) is 30.3 Å². The molecular formula is C10H14ClO3P. The second-order valence-corrected chi connectivity index (χ2v) is 5.57. The van der Waals surface area contributed by atoms with Crippen LogP contribution >= 0.6 is 18.2 Å². The van der Waals surface area contributed by atoms with Gasteiger partial charge in [-0.05, 0) is 18.6 Å². The molecule has 84 valence electrons. The van der Waals surface area contributed by atoms with Crippen LogP contribution in [-0.4, -0.2) is 6.61 Å². The molecule has 1 aromatic carbocycles. The summed E-state index contributed by atoms with van der Waals surface area (Å²) in [5, 5.41) is 0. The summed E-state index contributed by atoms with van der Waals surface area (Å²) in [7, 11) is 0. The lowest BCUT2D eigenvalue weighted by Gasteiger charge is -2.12. The fourth-order valence-corrected chi connectivity index (χ4v) is 2.17. The van der Waals surface area contributed by atoms with Gasteiger partial charge < -0.3 is 4.52 Å². The van der Waals surface area contributed by atoms with Crippen molar-refractivity contribution >= 4 is 18.2 Å². The Hall–Kier alpha value is -0.500. The number of benzene rings is 1. The van der Waals surface area contributed by atoms with E-state index in [1.54, 1.807) is 24.3 Å². The Labute approximate surface area is 94.7 Å². The lowest BCUT2D eigenvalue weighted by molar-refractivity contribution is 0.274. The molecule has 0 aromatic heterocycles. The second kappa shape index (κ2) is 6.16. The molecular weight excluding hydrogens is 235 g/mol. The Morgan fingerprint density at radius 2 is 2.00 bits per heavy atom. The molecule has 0 bridgehead atoms. The Morgan fingerprint density at radius 3 is 2.60 bits per heavy atom. The predicted molar refractivity (Wildman–Crippen MR) is 61.4 cm³/mol. The fourth-order valence-electron chi connectivity index (χ4n) is 0.952. The maximum Gasteiger partial charge on any atom is 0.476 e. The standard InChI is InChI=1S/C10H14ClO3P/c1-2-3-9-13-15(11,12)14-10-7-5-4-6-8-10/h4-8H,2-3,9H2,1H3/t15-/m1/s1. The lowest BCUT2D eigenvalue weighted by atomic mass is 10.3. The van der Waals surface area contributed by atoms with Crippen LogP contribution in [0.5, 0.6) is 5.75 Å². The van der Waals surface area contributed by atoms with E-state index < -0.39 is 6.95 Å². The van der Waals surface area contributed by atoms with Gasteiger partial charge in [0.05, 0.1) is 6.61 Å². The van der Waals surface area contributed by atoms with E-state index in [-0.39, 0.29) is 0 Å². The molecule has 1 atom stereocenters. The molecule has 0 fully saturated rings. The van der Waals surface area contributed by atoms with E-state index in [0.717, 1.165) is 12.8 Å². The molecule has 0 unspecified atom stereocenters. The van der Waals surface area contributed by atoms with Crippen molar-refractivity contribution in [3.63, 3.8) is 0 Å². The Morgan fingerprint density at radius 1 is 1.33 bits per heavy atom. The first-order chi connectivity index (χ1) is 7.14. The highest BCUT2D eigenvalue weighted by molar-refractivity contribution is 7.81. The molecule has 5 heteroatoms. The number of para-hydroxylation sites is 1. The molecule has 0 heterocycles. The van der Waals surface area contributed by atoms with Crippen molar-refractivity contribution in [3.8, 4) is 5.75 Å². The number of unbranched alkanes of at least 4 members (excludes halogenated alkanes) is 1. The van der Waals surface area contributed by atoms with Gasteiger partial charge in [-0.1, -0.05) is 31.5 Å². The van der Waals surface area contributed by atoms with E-state index in [1.807, 2.05) is 13.0 Å². The van der Waals surface area contributed by atoms with Crippen molar-refractivity contribution in [2.75, 3.05) is 6.61 Å². The molecule has 0 N–H and O–H groups in total. The van der Waals surface area contributed by atoms with E-state index in [2.05, 4.69) is 0 Å². The van der Waals surface area contributed by atoms with Crippen molar-refractivity contribution in [1.82, 2.24) is 0 Å². The van der Waals surface area contributed by atoms with E-state index in [4.69, 9.17) is 20.3 Å². The smallest absolute Gasteiger partial charge is 0.413 e. The molecule has 15 heavy (non-hydrogen) atoms. The van der Waals surface area contributed by atoms with Crippen LogP contribution in [-0.2, 0) is 9.09 Å². The van der Waals surface area contributed by atoms with Gasteiger partial charge in [0.1, 0.15) is 5.75 Å². The zero-order chi connectivity index (χ0) is 11.1. The molecule has 0 saturated heterocycles. The zero-order valence-electron chi connectivity index (χ0n) is 8.56. The molecule has 1 aromatic rings. The number of hydrogen-bond donors (Lipinski definition) is 0. The number of hydrogen-bond acceptors (Lipinski definition) is 3. The SMILES string of the molecule is CCCCO[P@](=O)(Cl)Oc1ccccc1. The minimum Gasteiger partial charge on any atom is -0.413 e. The lowest BCUT2D eigenvalue weighted by Crippen LogP contribution is -1.94. The number of halogens is 1. The summed E-state index contributed by atoms with van der Waals surface area (Å²) in [5.41, 5.74) is 0. The topological polar surface area (TPSA) is 35.5 Å². The molecule has 1 rings (SSSR count). The van der Waals surface area contributed by atoms with Gasteiger partial charge in [-0.3, -0.25) is 4.52 Å². The highest BCUT2D eigenvalue weighted by Gasteiger charge is 2.21. The van der Waals surface area contributed by atoms with Crippen LogP contribution in [0.3, 0.4) is 0 Å². The molecule has 0 aliphatic carbocycles. The highest BCUT2D eigenvalue weighted by atomic mass is 35.7. The highest BCUT2D eigenvalue weighted by Crippen LogP contribution is 2.53. The van der Waals surface area contributed by atoms with E-state index in [9.17, 15) is 4.57 Å². The molecule has 0 amide bonds. The quantitative estimate of drug-likeness (QED) is 0.558. The van der Waals surface area contributed by atoms with Crippen molar-refractivity contribution in [2.24, 2.45) is 0 Å². The molecule has 3 nitrogen and oxygen atoms in total. The van der Waals surface area contributed by atoms with Crippen LogP contribution in [0.1, 0.15) is 19.8 Å². The summed E-state index contributed by atoms with van der Waals surface area (Å²) in [6, 6.07) is 8.75. The van der Waals surface area contributed by atoms with Crippen LogP contribution in [0.4, 0.5) is 0 Å². The van der Waals surface area contributed by atoms with Gasteiger partial charge in [-0.25, -0.2) is 4.57 Å². The van der Waals surface area contributed by atoms with Gasteiger partial charge >= 0.3 is 6.95 Å². The Balaban J connectivity index is 2.46. The zero-order valence-corrected chi connectivity index (χ0v) is 10.2. The summed E-state index contributed by atoms with van der Waals surface area (Å²) < 4.78 is 21.6. The Bertz CT molecular complexity index is 329. The van der Waals surface area contributed by atoms with Crippen molar-refractivity contribution in [3.05, 3.63) is 30.3 Å². The monoisotopic (exact) mass is 248 g/mol. The molecule has 0 saturated carbocycles. The van der Waals surface area contributed by atoms with Crippen molar-refractivity contribution in [2.45, 2.75) is 19.8 Å². The fraction of sp³-hybridized carbons (Fsp3) is 0.400. The minimum atomic E-state index is -3.47. The average molecular weight is 249 g/mol. The van der Waals surface area contributed by atoms with Gasteiger partial charge in [-0.2, -0.15) is 0 Å². The first-order valence-corrected chi connectivity index (χ1v) is 7.28. The number of rotatable bonds is 6. The van der Waals surface area contributed by atoms with Gasteiger partial charge in [0.15, 0.2) is 0 Å². The van der Waals surface area contributed by atoms with Crippen LogP contribution < -0.4 is 4.52 Å². The van der Waals surface area contributed by atoms with E-state index >= 15 is 0 Å². The van der Waals surface area contributed by atoms with Gasteiger partial charge in [-0.15, -0.1) is 0 Å². The predicted octanol–water partition coefficient (Wildman–Crippen LogP) is 4.23. The summed E-state index contributed by atoms with van der Waals surface area (Å²) in [5.74, 6) is 0.451. The molecule has 0 spiro atoms. The van der Waals surface area contributed by atoms with Gasteiger partial charge in [0, 0.05) is 11.2 Å². The average Bonchev–Trinajstić information content (AvgIpc) is 2.18. The molecule has 0 aliphatic heterocycles. The van der Waals surface area contributed by atoms with Crippen LogP contribution in [0.2, 0.25) is 0 Å². The van der Waals surface area contributed by atoms with Crippen LogP contribution in [0, 0.1) is 0 Å².